The van der Waals surface area contributed by atoms with E-state index >= 15 is 0 Å². The van der Waals surface area contributed by atoms with Crippen LogP contribution in [0, 0.1) is 19.8 Å². The van der Waals surface area contributed by atoms with Crippen molar-refractivity contribution in [3.63, 3.8) is 0 Å². The highest BCUT2D eigenvalue weighted by atomic mass is 16.5. The molecule has 1 aromatic carbocycles. The van der Waals surface area contributed by atoms with Crippen LogP contribution in [-0.2, 0) is 5.60 Å². The third kappa shape index (κ3) is 1.93. The lowest BCUT2D eigenvalue weighted by Gasteiger charge is -2.32. The first-order valence-corrected chi connectivity index (χ1v) is 6.91. The third-order valence-electron chi connectivity index (χ3n) is 4.63. The lowest BCUT2D eigenvalue weighted by atomic mass is 9.81. The number of rotatable bonds is 3. The molecule has 1 aromatic rings. The minimum Gasteiger partial charge on any atom is -0.496 e. The molecule has 1 aliphatic carbocycles. The summed E-state index contributed by atoms with van der Waals surface area (Å²) in [6.45, 7) is 6.31. The van der Waals surface area contributed by atoms with Crippen LogP contribution < -0.4 is 4.74 Å². The summed E-state index contributed by atoms with van der Waals surface area (Å²) in [6.07, 6.45) is 4.09. The van der Waals surface area contributed by atoms with Crippen molar-refractivity contribution in [3.8, 4) is 5.75 Å². The zero-order valence-corrected chi connectivity index (χ0v) is 11.9. The topological polar surface area (TPSA) is 29.5 Å². The Kier molecular flexibility index (Phi) is 3.67. The van der Waals surface area contributed by atoms with Gasteiger partial charge in [-0.15, -0.1) is 0 Å². The fourth-order valence-electron chi connectivity index (χ4n) is 3.35. The van der Waals surface area contributed by atoms with Crippen LogP contribution in [0.5, 0.6) is 5.75 Å². The number of hydrogen-bond donors (Lipinski definition) is 1. The SMILES string of the molecule is CCC1CCCC1(O)c1ccc(C)c(C)c1OC. The maximum absolute atomic E-state index is 11.1. The van der Waals surface area contributed by atoms with Gasteiger partial charge in [0, 0.05) is 5.56 Å². The van der Waals surface area contributed by atoms with Crippen LogP contribution in [0.4, 0.5) is 0 Å². The molecule has 1 N–H and O–H groups in total. The molecule has 0 bridgehead atoms. The fraction of sp³-hybridized carbons (Fsp3) is 0.625. The molecule has 0 heterocycles. The van der Waals surface area contributed by atoms with Gasteiger partial charge in [-0.25, -0.2) is 0 Å². The monoisotopic (exact) mass is 248 g/mol. The van der Waals surface area contributed by atoms with Gasteiger partial charge < -0.3 is 9.84 Å². The maximum atomic E-state index is 11.1. The highest BCUT2D eigenvalue weighted by molar-refractivity contribution is 5.48. The first kappa shape index (κ1) is 13.4. The van der Waals surface area contributed by atoms with Crippen molar-refractivity contribution in [2.75, 3.05) is 7.11 Å². The molecule has 0 aromatic heterocycles. The normalized spacial score (nSPS) is 27.5. The van der Waals surface area contributed by atoms with Crippen molar-refractivity contribution >= 4 is 0 Å². The summed E-state index contributed by atoms with van der Waals surface area (Å²) in [5, 5.41) is 11.1. The Hall–Kier alpha value is -1.02. The van der Waals surface area contributed by atoms with Gasteiger partial charge in [0.05, 0.1) is 12.7 Å². The maximum Gasteiger partial charge on any atom is 0.128 e. The predicted octanol–water partition coefficient (Wildman–Crippen LogP) is 3.71. The molecule has 1 fully saturated rings. The summed E-state index contributed by atoms with van der Waals surface area (Å²) in [4.78, 5) is 0. The second kappa shape index (κ2) is 4.93. The lowest BCUT2D eigenvalue weighted by molar-refractivity contribution is -0.00592. The number of aliphatic hydroxyl groups is 1. The molecule has 18 heavy (non-hydrogen) atoms. The lowest BCUT2D eigenvalue weighted by Crippen LogP contribution is -2.30. The Morgan fingerprint density at radius 3 is 2.72 bits per heavy atom. The molecule has 2 rings (SSSR count). The average molecular weight is 248 g/mol. The molecule has 100 valence electrons. The van der Waals surface area contributed by atoms with Crippen molar-refractivity contribution in [3.05, 3.63) is 28.8 Å². The molecule has 0 spiro atoms. The summed E-state index contributed by atoms with van der Waals surface area (Å²) in [6, 6.07) is 4.14. The van der Waals surface area contributed by atoms with Gasteiger partial charge in [0.2, 0.25) is 0 Å². The molecule has 2 unspecified atom stereocenters. The van der Waals surface area contributed by atoms with Gasteiger partial charge in [0.1, 0.15) is 5.75 Å². The Bertz CT molecular complexity index is 439. The first-order chi connectivity index (χ1) is 8.54. The van der Waals surface area contributed by atoms with Gasteiger partial charge >= 0.3 is 0 Å². The summed E-state index contributed by atoms with van der Waals surface area (Å²) in [5.74, 6) is 1.23. The largest absolute Gasteiger partial charge is 0.496 e. The van der Waals surface area contributed by atoms with Crippen LogP contribution in [0.2, 0.25) is 0 Å². The number of ether oxygens (including phenoxy) is 1. The molecular weight excluding hydrogens is 224 g/mol. The standard InChI is InChI=1S/C16H24O2/c1-5-13-7-6-10-16(13,17)14-9-8-11(2)12(3)15(14)18-4/h8-9,13,17H,5-7,10H2,1-4H3. The van der Waals surface area contributed by atoms with E-state index in [1.165, 1.54) is 5.56 Å². The van der Waals surface area contributed by atoms with Crippen molar-refractivity contribution in [2.24, 2.45) is 5.92 Å². The van der Waals surface area contributed by atoms with Crippen molar-refractivity contribution < 1.29 is 9.84 Å². The molecule has 0 aliphatic heterocycles. The zero-order valence-electron chi connectivity index (χ0n) is 11.9. The van der Waals surface area contributed by atoms with E-state index in [2.05, 4.69) is 32.9 Å². The predicted molar refractivity (Wildman–Crippen MR) is 74.0 cm³/mol. The van der Waals surface area contributed by atoms with Gasteiger partial charge in [0.15, 0.2) is 0 Å². The molecule has 0 saturated heterocycles. The van der Waals surface area contributed by atoms with Crippen molar-refractivity contribution in [1.82, 2.24) is 0 Å². The highest BCUT2D eigenvalue weighted by Gasteiger charge is 2.43. The molecule has 0 radical (unpaired) electrons. The summed E-state index contributed by atoms with van der Waals surface area (Å²) in [5.41, 5.74) is 2.64. The van der Waals surface area contributed by atoms with Gasteiger partial charge in [-0.1, -0.05) is 25.5 Å². The zero-order chi connectivity index (χ0) is 13.3. The highest BCUT2D eigenvalue weighted by Crippen LogP contribution is 2.48. The Morgan fingerprint density at radius 1 is 1.39 bits per heavy atom. The van der Waals surface area contributed by atoms with E-state index in [1.807, 2.05) is 0 Å². The number of hydrogen-bond acceptors (Lipinski definition) is 2. The van der Waals surface area contributed by atoms with Crippen LogP contribution >= 0.6 is 0 Å². The second-order valence-electron chi connectivity index (χ2n) is 5.51. The fourth-order valence-corrected chi connectivity index (χ4v) is 3.35. The molecule has 0 amide bonds. The van der Waals surface area contributed by atoms with E-state index in [0.717, 1.165) is 42.6 Å². The molecule has 2 nitrogen and oxygen atoms in total. The quantitative estimate of drug-likeness (QED) is 0.883. The van der Waals surface area contributed by atoms with Crippen LogP contribution in [0.25, 0.3) is 0 Å². The van der Waals surface area contributed by atoms with Gasteiger partial charge in [-0.3, -0.25) is 0 Å². The Labute approximate surface area is 110 Å². The smallest absolute Gasteiger partial charge is 0.128 e. The summed E-state index contributed by atoms with van der Waals surface area (Å²) in [7, 11) is 1.70. The minimum atomic E-state index is -0.696. The third-order valence-corrected chi connectivity index (χ3v) is 4.63. The second-order valence-corrected chi connectivity index (χ2v) is 5.51. The Balaban J connectivity index is 2.53. The summed E-state index contributed by atoms with van der Waals surface area (Å²) >= 11 is 0. The van der Waals surface area contributed by atoms with Crippen LogP contribution in [0.15, 0.2) is 12.1 Å². The van der Waals surface area contributed by atoms with E-state index < -0.39 is 5.60 Å². The number of methoxy groups -OCH3 is 1. The van der Waals surface area contributed by atoms with Crippen LogP contribution in [0.1, 0.15) is 49.3 Å². The van der Waals surface area contributed by atoms with Crippen LogP contribution in [0.3, 0.4) is 0 Å². The number of aryl methyl sites for hydroxylation is 1. The summed E-state index contributed by atoms with van der Waals surface area (Å²) < 4.78 is 5.57. The molecule has 2 atom stereocenters. The van der Waals surface area contributed by atoms with E-state index in [0.29, 0.717) is 5.92 Å². The van der Waals surface area contributed by atoms with Gasteiger partial charge in [0.25, 0.3) is 0 Å². The van der Waals surface area contributed by atoms with Crippen molar-refractivity contribution in [2.45, 2.75) is 52.1 Å². The van der Waals surface area contributed by atoms with E-state index in [1.54, 1.807) is 7.11 Å². The van der Waals surface area contributed by atoms with Gasteiger partial charge in [-0.2, -0.15) is 0 Å². The molecule has 2 heteroatoms. The first-order valence-electron chi connectivity index (χ1n) is 6.91. The number of benzene rings is 1. The van der Waals surface area contributed by atoms with Gasteiger partial charge in [-0.05, 0) is 50.2 Å². The van der Waals surface area contributed by atoms with Crippen LogP contribution in [-0.4, -0.2) is 12.2 Å². The van der Waals surface area contributed by atoms with Crippen molar-refractivity contribution in [1.29, 1.82) is 0 Å². The minimum absolute atomic E-state index is 0.355. The molecule has 1 aliphatic rings. The average Bonchev–Trinajstić information content (AvgIpc) is 2.74. The molecule has 1 saturated carbocycles. The van der Waals surface area contributed by atoms with E-state index in [4.69, 9.17) is 4.74 Å². The van der Waals surface area contributed by atoms with E-state index in [9.17, 15) is 5.11 Å². The molecular formula is C16H24O2. The van der Waals surface area contributed by atoms with E-state index in [-0.39, 0.29) is 0 Å². The Morgan fingerprint density at radius 2 is 2.11 bits per heavy atom.